The van der Waals surface area contributed by atoms with Crippen molar-refractivity contribution in [2.45, 2.75) is 64.5 Å². The third kappa shape index (κ3) is 7.20. The summed E-state index contributed by atoms with van der Waals surface area (Å²) in [6.07, 6.45) is 11.3. The van der Waals surface area contributed by atoms with Gasteiger partial charge in [0.2, 0.25) is 0 Å². The zero-order valence-corrected chi connectivity index (χ0v) is 25.8. The van der Waals surface area contributed by atoms with Crippen molar-refractivity contribution in [3.8, 4) is 23.0 Å². The SMILES string of the molecule is c1ccc(Oc2cccc(CNCCC34CC5CC(C3)CC(CCNCc3cccc(Oc6ccccc6)c3)(C5)C4)c2)cc1. The highest BCUT2D eigenvalue weighted by molar-refractivity contribution is 5.35. The van der Waals surface area contributed by atoms with E-state index in [9.17, 15) is 0 Å². The molecule has 2 N–H and O–H groups in total. The van der Waals surface area contributed by atoms with Gasteiger partial charge < -0.3 is 20.1 Å². The lowest BCUT2D eigenvalue weighted by Crippen LogP contribution is -2.53. The molecular formula is C40H46N2O2. The Morgan fingerprint density at radius 3 is 1.41 bits per heavy atom. The Morgan fingerprint density at radius 1 is 0.523 bits per heavy atom. The molecule has 4 nitrogen and oxygen atoms in total. The van der Waals surface area contributed by atoms with Gasteiger partial charge in [-0.3, -0.25) is 0 Å². The first kappa shape index (κ1) is 29.1. The van der Waals surface area contributed by atoms with Gasteiger partial charge in [0, 0.05) is 13.1 Å². The molecule has 0 atom stereocenters. The monoisotopic (exact) mass is 586 g/mol. The van der Waals surface area contributed by atoms with Crippen molar-refractivity contribution < 1.29 is 9.47 Å². The van der Waals surface area contributed by atoms with E-state index >= 15 is 0 Å². The van der Waals surface area contributed by atoms with Crippen LogP contribution in [0.5, 0.6) is 23.0 Å². The molecule has 4 saturated carbocycles. The maximum atomic E-state index is 6.05. The van der Waals surface area contributed by atoms with Crippen molar-refractivity contribution in [2.24, 2.45) is 22.7 Å². The van der Waals surface area contributed by atoms with E-state index in [-0.39, 0.29) is 0 Å². The average Bonchev–Trinajstić information content (AvgIpc) is 3.02. The maximum Gasteiger partial charge on any atom is 0.127 e. The number of nitrogens with one attached hydrogen (secondary N) is 2. The Bertz CT molecular complexity index is 1380. The predicted octanol–water partition coefficient (Wildman–Crippen LogP) is 9.52. The second-order valence-electron chi connectivity index (χ2n) is 13.9. The van der Waals surface area contributed by atoms with Crippen LogP contribution >= 0.6 is 0 Å². The summed E-state index contributed by atoms with van der Waals surface area (Å²) in [5.41, 5.74) is 3.64. The highest BCUT2D eigenvalue weighted by Crippen LogP contribution is 2.67. The fourth-order valence-corrected chi connectivity index (χ4v) is 9.09. The Balaban J connectivity index is 0.886. The smallest absolute Gasteiger partial charge is 0.127 e. The zero-order chi connectivity index (χ0) is 29.7. The Kier molecular flexibility index (Phi) is 8.72. The molecule has 4 bridgehead atoms. The van der Waals surface area contributed by atoms with Gasteiger partial charge in [0.05, 0.1) is 0 Å². The van der Waals surface area contributed by atoms with E-state index in [4.69, 9.17) is 9.47 Å². The van der Waals surface area contributed by atoms with Crippen molar-refractivity contribution in [1.82, 2.24) is 10.6 Å². The van der Waals surface area contributed by atoms with E-state index in [0.29, 0.717) is 10.8 Å². The van der Waals surface area contributed by atoms with Gasteiger partial charge in [-0.25, -0.2) is 0 Å². The van der Waals surface area contributed by atoms with Crippen molar-refractivity contribution in [1.29, 1.82) is 0 Å². The number of rotatable bonds is 14. The number of ether oxygens (including phenoxy) is 2. The van der Waals surface area contributed by atoms with Crippen LogP contribution in [0, 0.1) is 22.7 Å². The Labute approximate surface area is 263 Å². The quantitative estimate of drug-likeness (QED) is 0.144. The lowest BCUT2D eigenvalue weighted by atomic mass is 9.43. The maximum absolute atomic E-state index is 6.05. The Morgan fingerprint density at radius 2 is 0.955 bits per heavy atom. The highest BCUT2D eigenvalue weighted by Gasteiger charge is 2.56. The molecule has 4 fully saturated rings. The molecule has 0 aromatic heterocycles. The molecule has 0 amide bonds. The first-order valence-corrected chi connectivity index (χ1v) is 16.7. The molecular weight excluding hydrogens is 540 g/mol. The summed E-state index contributed by atoms with van der Waals surface area (Å²) >= 11 is 0. The second-order valence-corrected chi connectivity index (χ2v) is 13.9. The third-order valence-corrected chi connectivity index (χ3v) is 10.4. The summed E-state index contributed by atoms with van der Waals surface area (Å²) in [7, 11) is 0. The molecule has 4 aliphatic carbocycles. The molecule has 0 aliphatic heterocycles. The van der Waals surface area contributed by atoms with Gasteiger partial charge in [-0.05, 0) is 147 Å². The molecule has 44 heavy (non-hydrogen) atoms. The van der Waals surface area contributed by atoms with E-state index < -0.39 is 0 Å². The summed E-state index contributed by atoms with van der Waals surface area (Å²) in [6.45, 7) is 3.97. The van der Waals surface area contributed by atoms with Crippen molar-refractivity contribution in [3.05, 3.63) is 120 Å². The van der Waals surface area contributed by atoms with Gasteiger partial charge >= 0.3 is 0 Å². The van der Waals surface area contributed by atoms with Crippen LogP contribution in [-0.4, -0.2) is 13.1 Å². The minimum atomic E-state index is 0.540. The van der Waals surface area contributed by atoms with Crippen LogP contribution in [0.25, 0.3) is 0 Å². The summed E-state index contributed by atoms with van der Waals surface area (Å²) in [6, 6.07) is 37.1. The summed E-state index contributed by atoms with van der Waals surface area (Å²) in [5.74, 6) is 5.45. The molecule has 8 rings (SSSR count). The topological polar surface area (TPSA) is 42.5 Å². The largest absolute Gasteiger partial charge is 0.457 e. The lowest BCUT2D eigenvalue weighted by molar-refractivity contribution is -0.116. The fourth-order valence-electron chi connectivity index (χ4n) is 9.09. The van der Waals surface area contributed by atoms with Crippen LogP contribution in [0.1, 0.15) is 62.5 Å². The summed E-state index contributed by atoms with van der Waals surface area (Å²) in [5, 5.41) is 7.58. The van der Waals surface area contributed by atoms with Crippen molar-refractivity contribution in [3.63, 3.8) is 0 Å². The minimum Gasteiger partial charge on any atom is -0.457 e. The second kappa shape index (κ2) is 13.2. The van der Waals surface area contributed by atoms with E-state index in [0.717, 1.165) is 61.0 Å². The van der Waals surface area contributed by atoms with Crippen molar-refractivity contribution >= 4 is 0 Å². The lowest BCUT2D eigenvalue weighted by Gasteiger charge is -2.63. The van der Waals surface area contributed by atoms with Gasteiger partial charge in [0.15, 0.2) is 0 Å². The summed E-state index contributed by atoms with van der Waals surface area (Å²) in [4.78, 5) is 0. The molecule has 4 aromatic carbocycles. The normalized spacial score (nSPS) is 25.2. The standard InChI is InChI=1S/C40H46N2O2/c1-3-11-35(12-4-1)43-37-15-7-9-31(22-37)28-41-19-17-39-24-33-21-34(25-39)27-40(26-33,30-39)18-20-42-29-32-10-8-16-38(23-32)44-36-13-5-2-6-14-36/h1-16,22-23,33-34,41-42H,17-21,24-30H2. The van der Waals surface area contributed by atoms with Gasteiger partial charge in [0.1, 0.15) is 23.0 Å². The van der Waals surface area contributed by atoms with Gasteiger partial charge in [-0.2, -0.15) is 0 Å². The number of benzene rings is 4. The van der Waals surface area contributed by atoms with Crippen LogP contribution in [0.4, 0.5) is 0 Å². The zero-order valence-electron chi connectivity index (χ0n) is 25.8. The molecule has 4 aromatic rings. The fraction of sp³-hybridized carbons (Fsp3) is 0.400. The van der Waals surface area contributed by atoms with Gasteiger partial charge in [-0.1, -0.05) is 60.7 Å². The molecule has 0 heterocycles. The van der Waals surface area contributed by atoms with Crippen LogP contribution < -0.4 is 20.1 Å². The van der Waals surface area contributed by atoms with Gasteiger partial charge in [-0.15, -0.1) is 0 Å². The summed E-state index contributed by atoms with van der Waals surface area (Å²) < 4.78 is 12.1. The molecule has 0 saturated heterocycles. The molecule has 4 heteroatoms. The third-order valence-electron chi connectivity index (χ3n) is 10.4. The highest BCUT2D eigenvalue weighted by atomic mass is 16.5. The van der Waals surface area contributed by atoms with E-state index in [1.807, 2.05) is 72.8 Å². The van der Waals surface area contributed by atoms with Crippen molar-refractivity contribution in [2.75, 3.05) is 13.1 Å². The first-order chi connectivity index (χ1) is 21.6. The van der Waals surface area contributed by atoms with Crippen LogP contribution in [0.2, 0.25) is 0 Å². The number of hydrogen-bond donors (Lipinski definition) is 2. The molecule has 228 valence electrons. The predicted molar refractivity (Wildman–Crippen MR) is 178 cm³/mol. The molecule has 0 spiro atoms. The molecule has 0 radical (unpaired) electrons. The first-order valence-electron chi connectivity index (χ1n) is 16.7. The van der Waals surface area contributed by atoms with Crippen LogP contribution in [0.15, 0.2) is 109 Å². The van der Waals surface area contributed by atoms with Crippen LogP contribution in [0.3, 0.4) is 0 Å². The molecule has 0 unspecified atom stereocenters. The molecule has 4 aliphatic rings. The number of para-hydroxylation sites is 2. The van der Waals surface area contributed by atoms with E-state index in [1.165, 1.54) is 62.5 Å². The minimum absolute atomic E-state index is 0.540. The van der Waals surface area contributed by atoms with Gasteiger partial charge in [0.25, 0.3) is 0 Å². The van der Waals surface area contributed by atoms with Crippen LogP contribution in [-0.2, 0) is 13.1 Å². The number of hydrogen-bond acceptors (Lipinski definition) is 4. The average molecular weight is 587 g/mol. The van der Waals surface area contributed by atoms with E-state index in [2.05, 4.69) is 47.0 Å². The Hall–Kier alpha value is -3.60. The van der Waals surface area contributed by atoms with E-state index in [1.54, 1.807) is 0 Å².